The molecule has 0 aliphatic heterocycles. The Kier molecular flexibility index (Phi) is 8.93. The predicted octanol–water partition coefficient (Wildman–Crippen LogP) is 8.88. The van der Waals surface area contributed by atoms with Crippen molar-refractivity contribution in [3.8, 4) is 5.75 Å². The Morgan fingerprint density at radius 1 is 0.921 bits per heavy atom. The molecule has 0 saturated carbocycles. The highest BCUT2D eigenvalue weighted by Crippen LogP contribution is 2.32. The van der Waals surface area contributed by atoms with Gasteiger partial charge in [-0.2, -0.15) is 0 Å². The first kappa shape index (κ1) is 27.9. The molecular weight excluding hydrogens is 543 g/mol. The molecule has 1 aromatic heterocycles. The highest BCUT2D eigenvalue weighted by Gasteiger charge is 2.19. The van der Waals surface area contributed by atoms with Crippen LogP contribution in [0.5, 0.6) is 5.75 Å². The summed E-state index contributed by atoms with van der Waals surface area (Å²) in [7, 11) is 0. The van der Waals surface area contributed by atoms with Crippen molar-refractivity contribution in [3.05, 3.63) is 110 Å². The molecule has 38 heavy (non-hydrogen) atoms. The quantitative estimate of drug-likeness (QED) is 0.193. The van der Waals surface area contributed by atoms with Gasteiger partial charge >= 0.3 is 5.97 Å². The summed E-state index contributed by atoms with van der Waals surface area (Å²) in [4.78, 5) is 14.2. The molecule has 0 saturated heterocycles. The van der Waals surface area contributed by atoms with Gasteiger partial charge < -0.3 is 19.3 Å². The third-order valence-corrected chi connectivity index (χ3v) is 7.61. The second kappa shape index (κ2) is 12.2. The van der Waals surface area contributed by atoms with Gasteiger partial charge in [0.1, 0.15) is 11.4 Å². The van der Waals surface area contributed by atoms with E-state index in [-0.39, 0.29) is 5.69 Å². The molecule has 0 bridgehead atoms. The van der Waals surface area contributed by atoms with E-state index in [9.17, 15) is 9.90 Å². The Bertz CT molecular complexity index is 1440. The molecule has 0 amide bonds. The molecule has 1 heterocycles. The number of halogens is 3. The molecule has 0 aliphatic rings. The van der Waals surface area contributed by atoms with E-state index in [1.807, 2.05) is 69.4 Å². The van der Waals surface area contributed by atoms with Crippen LogP contribution in [0.3, 0.4) is 0 Å². The number of anilines is 2. The monoisotopic (exact) mass is 570 g/mol. The van der Waals surface area contributed by atoms with E-state index in [1.165, 1.54) is 0 Å². The van der Waals surface area contributed by atoms with Crippen molar-refractivity contribution in [1.29, 1.82) is 0 Å². The van der Waals surface area contributed by atoms with Crippen molar-refractivity contribution in [2.45, 2.75) is 40.3 Å². The Morgan fingerprint density at radius 2 is 1.66 bits per heavy atom. The van der Waals surface area contributed by atoms with Gasteiger partial charge in [-0.25, -0.2) is 4.79 Å². The van der Waals surface area contributed by atoms with Crippen LogP contribution in [0.4, 0.5) is 11.4 Å². The lowest BCUT2D eigenvalue weighted by molar-refractivity contribution is 0.0684. The molecule has 198 valence electrons. The van der Waals surface area contributed by atoms with Crippen LogP contribution in [0.2, 0.25) is 15.1 Å². The summed E-state index contributed by atoms with van der Waals surface area (Å²) in [5, 5.41) is 11.6. The zero-order chi connectivity index (χ0) is 27.4. The van der Waals surface area contributed by atoms with Gasteiger partial charge in [0.15, 0.2) is 0 Å². The van der Waals surface area contributed by atoms with Crippen molar-refractivity contribution < 1.29 is 14.6 Å². The average molecular weight is 572 g/mol. The summed E-state index contributed by atoms with van der Waals surface area (Å²) in [6.45, 7) is 7.33. The van der Waals surface area contributed by atoms with Gasteiger partial charge in [0, 0.05) is 30.0 Å². The second-order valence-electron chi connectivity index (χ2n) is 9.33. The minimum atomic E-state index is -0.986. The Hall–Kier alpha value is -3.12. The van der Waals surface area contributed by atoms with E-state index in [0.29, 0.717) is 36.2 Å². The van der Waals surface area contributed by atoms with Crippen molar-refractivity contribution >= 4 is 52.1 Å². The third kappa shape index (κ3) is 6.65. The lowest BCUT2D eigenvalue weighted by Gasteiger charge is -2.24. The third-order valence-electron chi connectivity index (χ3n) is 6.27. The first-order valence-corrected chi connectivity index (χ1v) is 13.4. The van der Waals surface area contributed by atoms with Crippen molar-refractivity contribution in [2.24, 2.45) is 0 Å². The van der Waals surface area contributed by atoms with E-state index in [1.54, 1.807) is 16.7 Å². The maximum atomic E-state index is 12.1. The maximum Gasteiger partial charge on any atom is 0.352 e. The van der Waals surface area contributed by atoms with Gasteiger partial charge in [-0.15, -0.1) is 0 Å². The van der Waals surface area contributed by atoms with Gasteiger partial charge in [-0.05, 0) is 91.9 Å². The lowest BCUT2D eigenvalue weighted by Crippen LogP contribution is -2.16. The van der Waals surface area contributed by atoms with Crippen molar-refractivity contribution in [2.75, 3.05) is 11.5 Å². The molecule has 0 unspecified atom stereocenters. The molecule has 8 heteroatoms. The van der Waals surface area contributed by atoms with Crippen LogP contribution in [-0.2, 0) is 13.1 Å². The standard InChI is InChI=1S/C30H29Cl3N2O3/c1-19-6-4-7-23(12-19)35(17-22-8-9-26(31)27(32)15-22)24-16-28(30(36)37)34(18-24)10-5-11-38-25-13-20(2)29(33)21(3)14-25/h4,6-9,12-16,18H,5,10-11,17H2,1-3H3,(H,36,37). The zero-order valence-corrected chi connectivity index (χ0v) is 23.7. The number of aromatic nitrogens is 1. The van der Waals surface area contributed by atoms with E-state index >= 15 is 0 Å². The summed E-state index contributed by atoms with van der Waals surface area (Å²) in [6.07, 6.45) is 2.51. The number of aromatic carboxylic acids is 1. The number of aryl methyl sites for hydroxylation is 4. The summed E-state index contributed by atoms with van der Waals surface area (Å²) >= 11 is 18.7. The van der Waals surface area contributed by atoms with E-state index in [4.69, 9.17) is 39.5 Å². The van der Waals surface area contributed by atoms with Crippen LogP contribution >= 0.6 is 34.8 Å². The van der Waals surface area contributed by atoms with E-state index < -0.39 is 5.97 Å². The van der Waals surface area contributed by atoms with Gasteiger partial charge in [-0.1, -0.05) is 53.0 Å². The number of nitrogens with zero attached hydrogens (tertiary/aromatic N) is 2. The number of benzene rings is 3. The molecule has 0 fully saturated rings. The first-order valence-electron chi connectivity index (χ1n) is 12.2. The number of carboxylic acids is 1. The summed E-state index contributed by atoms with van der Waals surface area (Å²) < 4.78 is 7.69. The maximum absolute atomic E-state index is 12.1. The lowest BCUT2D eigenvalue weighted by atomic mass is 10.1. The van der Waals surface area contributed by atoms with Crippen LogP contribution in [0.1, 0.15) is 39.2 Å². The van der Waals surface area contributed by atoms with Crippen LogP contribution in [0.15, 0.2) is 66.9 Å². The summed E-state index contributed by atoms with van der Waals surface area (Å²) in [6, 6.07) is 19.1. The molecule has 3 aromatic carbocycles. The molecule has 0 aliphatic carbocycles. The molecule has 0 spiro atoms. The SMILES string of the molecule is Cc1cccc(N(Cc2ccc(Cl)c(Cl)c2)c2cc(C(=O)O)n(CCCOc3cc(C)c(Cl)c(C)c3)c2)c1. The van der Waals surface area contributed by atoms with Gasteiger partial charge in [0.25, 0.3) is 0 Å². The molecule has 0 atom stereocenters. The minimum absolute atomic E-state index is 0.213. The van der Waals surface area contributed by atoms with E-state index in [2.05, 4.69) is 11.0 Å². The minimum Gasteiger partial charge on any atom is -0.494 e. The van der Waals surface area contributed by atoms with Gasteiger partial charge in [0.05, 0.1) is 22.3 Å². The molecular formula is C30H29Cl3N2O3. The Morgan fingerprint density at radius 3 is 2.32 bits per heavy atom. The summed E-state index contributed by atoms with van der Waals surface area (Å²) in [5.74, 6) is -0.233. The highest BCUT2D eigenvalue weighted by molar-refractivity contribution is 6.42. The Balaban J connectivity index is 1.57. The molecule has 1 N–H and O–H groups in total. The van der Waals surface area contributed by atoms with E-state index in [0.717, 1.165) is 44.4 Å². The smallest absolute Gasteiger partial charge is 0.352 e. The van der Waals surface area contributed by atoms with Crippen LogP contribution < -0.4 is 9.64 Å². The topological polar surface area (TPSA) is 54.7 Å². The zero-order valence-electron chi connectivity index (χ0n) is 21.5. The Labute approximate surface area is 238 Å². The molecule has 4 aromatic rings. The fourth-order valence-corrected chi connectivity index (χ4v) is 4.80. The number of hydrogen-bond donors (Lipinski definition) is 1. The number of rotatable bonds is 10. The van der Waals surface area contributed by atoms with Crippen LogP contribution in [-0.4, -0.2) is 22.2 Å². The number of carbonyl (C=O) groups is 1. The largest absolute Gasteiger partial charge is 0.494 e. The van der Waals surface area contributed by atoms with Gasteiger partial charge in [0.2, 0.25) is 0 Å². The fourth-order valence-electron chi connectivity index (χ4n) is 4.37. The van der Waals surface area contributed by atoms with Crippen molar-refractivity contribution in [1.82, 2.24) is 4.57 Å². The molecule has 5 nitrogen and oxygen atoms in total. The fraction of sp³-hybridized carbons (Fsp3) is 0.233. The summed E-state index contributed by atoms with van der Waals surface area (Å²) in [5.41, 5.74) is 5.90. The number of carboxylic acid groups (broad SMARTS) is 1. The first-order chi connectivity index (χ1) is 18.1. The van der Waals surface area contributed by atoms with Crippen LogP contribution in [0.25, 0.3) is 0 Å². The normalized spacial score (nSPS) is 11.0. The second-order valence-corrected chi connectivity index (χ2v) is 10.5. The number of ether oxygens (including phenoxy) is 1. The van der Waals surface area contributed by atoms with Crippen LogP contribution in [0, 0.1) is 20.8 Å². The van der Waals surface area contributed by atoms with Gasteiger partial charge in [-0.3, -0.25) is 0 Å². The average Bonchev–Trinajstić information content (AvgIpc) is 3.30. The van der Waals surface area contributed by atoms with Crippen molar-refractivity contribution in [3.63, 3.8) is 0 Å². The predicted molar refractivity (Wildman–Crippen MR) is 156 cm³/mol. The number of hydrogen-bond acceptors (Lipinski definition) is 3. The molecule has 0 radical (unpaired) electrons. The molecule has 4 rings (SSSR count). The highest BCUT2D eigenvalue weighted by atomic mass is 35.5.